The van der Waals surface area contributed by atoms with Crippen LogP contribution in [-0.2, 0) is 0 Å². The molecule has 0 fully saturated rings. The van der Waals surface area contributed by atoms with E-state index in [0.29, 0.717) is 5.56 Å². The Labute approximate surface area is 155 Å². The standard InChI is InChI=1S/C19H27N3O.BrH/c1-4-22(5-2)14-8-9-15(3)21-19(23)17-12-13-20-18-11-7-6-10-16(17)18;/h6-7,10-13,15H,4-5,8-9,14H2,1-3H3,(H,21,23);1H. The second kappa shape index (κ2) is 10.4. The summed E-state index contributed by atoms with van der Waals surface area (Å²) in [4.78, 5) is 19.2. The Kier molecular flexibility index (Phi) is 8.93. The highest BCUT2D eigenvalue weighted by atomic mass is 79.9. The highest BCUT2D eigenvalue weighted by Gasteiger charge is 2.13. The topological polar surface area (TPSA) is 45.2 Å². The van der Waals surface area contributed by atoms with Crippen LogP contribution < -0.4 is 5.32 Å². The Morgan fingerprint density at radius 2 is 1.92 bits per heavy atom. The second-order valence-corrected chi connectivity index (χ2v) is 5.92. The van der Waals surface area contributed by atoms with Gasteiger partial charge in [-0.2, -0.15) is 0 Å². The Bertz CT molecular complexity index is 638. The lowest BCUT2D eigenvalue weighted by Crippen LogP contribution is -2.33. The van der Waals surface area contributed by atoms with E-state index in [1.807, 2.05) is 24.3 Å². The molecular weight excluding hydrogens is 366 g/mol. The molecule has 5 heteroatoms. The van der Waals surface area contributed by atoms with Gasteiger partial charge >= 0.3 is 0 Å². The number of halogens is 1. The fraction of sp³-hybridized carbons (Fsp3) is 0.474. The fourth-order valence-corrected chi connectivity index (χ4v) is 2.83. The van der Waals surface area contributed by atoms with Gasteiger partial charge in [-0.15, -0.1) is 17.0 Å². The molecule has 0 bridgehead atoms. The van der Waals surface area contributed by atoms with Gasteiger partial charge in [-0.1, -0.05) is 32.0 Å². The number of pyridine rings is 1. The molecule has 24 heavy (non-hydrogen) atoms. The number of aromatic nitrogens is 1. The van der Waals surface area contributed by atoms with E-state index in [-0.39, 0.29) is 28.9 Å². The van der Waals surface area contributed by atoms with Crippen molar-refractivity contribution in [3.8, 4) is 0 Å². The van der Waals surface area contributed by atoms with E-state index in [0.717, 1.165) is 43.4 Å². The molecule has 1 amide bonds. The Hall–Kier alpha value is -1.46. The Balaban J connectivity index is 0.00000288. The maximum Gasteiger partial charge on any atom is 0.252 e. The van der Waals surface area contributed by atoms with Crippen molar-refractivity contribution in [3.05, 3.63) is 42.1 Å². The lowest BCUT2D eigenvalue weighted by Gasteiger charge is -2.20. The van der Waals surface area contributed by atoms with Gasteiger partial charge in [0.1, 0.15) is 0 Å². The molecule has 0 aliphatic carbocycles. The van der Waals surface area contributed by atoms with E-state index in [1.54, 1.807) is 12.3 Å². The van der Waals surface area contributed by atoms with Crippen molar-refractivity contribution in [2.45, 2.75) is 39.7 Å². The van der Waals surface area contributed by atoms with Crippen LogP contribution >= 0.6 is 17.0 Å². The first-order chi connectivity index (χ1) is 11.2. The minimum atomic E-state index is -0.0149. The maximum absolute atomic E-state index is 12.5. The SMILES string of the molecule is Br.CCN(CC)CCCC(C)NC(=O)c1ccnc2ccccc12. The molecule has 0 radical (unpaired) electrons. The molecule has 2 rings (SSSR count). The third-order valence-corrected chi connectivity index (χ3v) is 4.28. The first-order valence-electron chi connectivity index (χ1n) is 8.52. The molecule has 2 aromatic rings. The number of carbonyl (C=O) groups excluding carboxylic acids is 1. The van der Waals surface area contributed by atoms with E-state index in [4.69, 9.17) is 0 Å². The molecule has 1 aromatic carbocycles. The third kappa shape index (κ3) is 5.56. The number of nitrogens with one attached hydrogen (secondary N) is 1. The van der Waals surface area contributed by atoms with Crippen LogP contribution in [0.4, 0.5) is 0 Å². The highest BCUT2D eigenvalue weighted by Crippen LogP contribution is 2.16. The summed E-state index contributed by atoms with van der Waals surface area (Å²) in [6.07, 6.45) is 3.79. The second-order valence-electron chi connectivity index (χ2n) is 5.92. The maximum atomic E-state index is 12.5. The molecule has 1 unspecified atom stereocenters. The summed E-state index contributed by atoms with van der Waals surface area (Å²) in [6, 6.07) is 9.72. The van der Waals surface area contributed by atoms with Crippen molar-refractivity contribution in [1.29, 1.82) is 0 Å². The molecule has 0 aliphatic heterocycles. The quantitative estimate of drug-likeness (QED) is 0.735. The molecule has 0 saturated carbocycles. The fourth-order valence-electron chi connectivity index (χ4n) is 2.83. The summed E-state index contributed by atoms with van der Waals surface area (Å²) in [5.41, 5.74) is 1.56. The van der Waals surface area contributed by atoms with Gasteiger partial charge in [-0.3, -0.25) is 9.78 Å². The van der Waals surface area contributed by atoms with Crippen molar-refractivity contribution >= 4 is 33.8 Å². The number of amides is 1. The minimum Gasteiger partial charge on any atom is -0.350 e. The molecule has 0 saturated heterocycles. The molecular formula is C19H28BrN3O. The predicted octanol–water partition coefficient (Wildman–Crippen LogP) is 4.05. The van der Waals surface area contributed by atoms with Gasteiger partial charge in [0.15, 0.2) is 0 Å². The van der Waals surface area contributed by atoms with Gasteiger partial charge in [0, 0.05) is 17.6 Å². The Morgan fingerprint density at radius 3 is 2.62 bits per heavy atom. The predicted molar refractivity (Wildman–Crippen MR) is 106 cm³/mol. The van der Waals surface area contributed by atoms with Crippen molar-refractivity contribution in [2.75, 3.05) is 19.6 Å². The number of rotatable bonds is 8. The van der Waals surface area contributed by atoms with Crippen molar-refractivity contribution in [1.82, 2.24) is 15.2 Å². The van der Waals surface area contributed by atoms with Crippen LogP contribution in [0.2, 0.25) is 0 Å². The van der Waals surface area contributed by atoms with Crippen LogP contribution in [-0.4, -0.2) is 41.5 Å². The van der Waals surface area contributed by atoms with Crippen LogP contribution in [0.1, 0.15) is 44.0 Å². The molecule has 1 heterocycles. The van der Waals surface area contributed by atoms with Crippen LogP contribution in [0.5, 0.6) is 0 Å². The molecule has 1 N–H and O–H groups in total. The number of para-hydroxylation sites is 1. The van der Waals surface area contributed by atoms with E-state index < -0.39 is 0 Å². The summed E-state index contributed by atoms with van der Waals surface area (Å²) in [7, 11) is 0. The van der Waals surface area contributed by atoms with E-state index in [2.05, 4.69) is 36.0 Å². The van der Waals surface area contributed by atoms with Gasteiger partial charge in [0.2, 0.25) is 0 Å². The number of fused-ring (bicyclic) bond motifs is 1. The van der Waals surface area contributed by atoms with Crippen molar-refractivity contribution in [3.63, 3.8) is 0 Å². The number of carbonyl (C=O) groups is 1. The molecule has 0 aliphatic rings. The number of benzene rings is 1. The van der Waals surface area contributed by atoms with Gasteiger partial charge in [0.05, 0.1) is 11.1 Å². The van der Waals surface area contributed by atoms with E-state index >= 15 is 0 Å². The van der Waals surface area contributed by atoms with Crippen LogP contribution in [0, 0.1) is 0 Å². The Morgan fingerprint density at radius 1 is 1.21 bits per heavy atom. The monoisotopic (exact) mass is 393 g/mol. The average molecular weight is 394 g/mol. The molecule has 4 nitrogen and oxygen atoms in total. The minimum absolute atomic E-state index is 0. The van der Waals surface area contributed by atoms with Crippen LogP contribution in [0.25, 0.3) is 10.9 Å². The molecule has 1 aromatic heterocycles. The lowest BCUT2D eigenvalue weighted by molar-refractivity contribution is 0.0939. The summed E-state index contributed by atoms with van der Waals surface area (Å²) in [5, 5.41) is 4.02. The first kappa shape index (κ1) is 20.6. The number of hydrogen-bond acceptors (Lipinski definition) is 3. The van der Waals surface area contributed by atoms with E-state index in [9.17, 15) is 4.79 Å². The smallest absolute Gasteiger partial charge is 0.252 e. The summed E-state index contributed by atoms with van der Waals surface area (Å²) < 4.78 is 0. The average Bonchev–Trinajstić information content (AvgIpc) is 2.58. The van der Waals surface area contributed by atoms with Crippen LogP contribution in [0.15, 0.2) is 36.5 Å². The van der Waals surface area contributed by atoms with Crippen LogP contribution in [0.3, 0.4) is 0 Å². The highest BCUT2D eigenvalue weighted by molar-refractivity contribution is 8.93. The van der Waals surface area contributed by atoms with Gasteiger partial charge in [0.25, 0.3) is 5.91 Å². The summed E-state index contributed by atoms with van der Waals surface area (Å²) >= 11 is 0. The number of hydrogen-bond donors (Lipinski definition) is 1. The normalized spacial score (nSPS) is 12.0. The van der Waals surface area contributed by atoms with Crippen molar-refractivity contribution in [2.24, 2.45) is 0 Å². The zero-order valence-corrected chi connectivity index (χ0v) is 16.5. The first-order valence-corrected chi connectivity index (χ1v) is 8.52. The third-order valence-electron chi connectivity index (χ3n) is 4.28. The largest absolute Gasteiger partial charge is 0.350 e. The van der Waals surface area contributed by atoms with E-state index in [1.165, 1.54) is 0 Å². The zero-order chi connectivity index (χ0) is 16.7. The summed E-state index contributed by atoms with van der Waals surface area (Å²) in [6.45, 7) is 9.70. The van der Waals surface area contributed by atoms with Gasteiger partial charge < -0.3 is 10.2 Å². The van der Waals surface area contributed by atoms with Gasteiger partial charge in [-0.05, 0) is 51.5 Å². The van der Waals surface area contributed by atoms with Gasteiger partial charge in [-0.25, -0.2) is 0 Å². The summed E-state index contributed by atoms with van der Waals surface area (Å²) in [5.74, 6) is -0.0149. The molecule has 0 spiro atoms. The van der Waals surface area contributed by atoms with Crippen molar-refractivity contribution < 1.29 is 4.79 Å². The lowest BCUT2D eigenvalue weighted by atomic mass is 10.1. The number of nitrogens with zero attached hydrogens (tertiary/aromatic N) is 2. The molecule has 1 atom stereocenters. The zero-order valence-electron chi connectivity index (χ0n) is 14.8. The molecule has 132 valence electrons.